The van der Waals surface area contributed by atoms with Crippen molar-refractivity contribution in [1.82, 2.24) is 0 Å². The van der Waals surface area contributed by atoms with Crippen molar-refractivity contribution in [3.8, 4) is 0 Å². The van der Waals surface area contributed by atoms with E-state index in [9.17, 15) is 9.18 Å². The third-order valence-corrected chi connectivity index (χ3v) is 2.71. The summed E-state index contributed by atoms with van der Waals surface area (Å²) in [7, 11) is 1.64. The minimum Gasteiger partial charge on any atom is -0.478 e. The normalized spacial score (nSPS) is 10.1. The van der Waals surface area contributed by atoms with Gasteiger partial charge in [-0.2, -0.15) is 0 Å². The standard InChI is InChI=1S/C14H12FNO2/c1-16(13-9-5-3-7-11(13)15)12-8-4-2-6-10(12)14(17)18/h2-9H,1H3,(H,17,18). The molecule has 18 heavy (non-hydrogen) atoms. The molecule has 0 unspecified atom stereocenters. The van der Waals surface area contributed by atoms with Crippen LogP contribution in [0, 0.1) is 5.82 Å². The summed E-state index contributed by atoms with van der Waals surface area (Å²) in [6.45, 7) is 0. The van der Waals surface area contributed by atoms with Gasteiger partial charge in [0.2, 0.25) is 0 Å². The molecule has 0 saturated heterocycles. The van der Waals surface area contributed by atoms with Crippen molar-refractivity contribution in [2.75, 3.05) is 11.9 Å². The van der Waals surface area contributed by atoms with Crippen LogP contribution in [0.2, 0.25) is 0 Å². The topological polar surface area (TPSA) is 40.5 Å². The maximum atomic E-state index is 13.7. The van der Waals surface area contributed by atoms with E-state index in [0.29, 0.717) is 11.4 Å². The van der Waals surface area contributed by atoms with E-state index >= 15 is 0 Å². The summed E-state index contributed by atoms with van der Waals surface area (Å²) >= 11 is 0. The molecular weight excluding hydrogens is 233 g/mol. The van der Waals surface area contributed by atoms with Crippen molar-refractivity contribution < 1.29 is 14.3 Å². The number of rotatable bonds is 3. The van der Waals surface area contributed by atoms with Crippen molar-refractivity contribution in [2.24, 2.45) is 0 Å². The largest absolute Gasteiger partial charge is 0.478 e. The first-order valence-corrected chi connectivity index (χ1v) is 5.42. The Kier molecular flexibility index (Phi) is 3.28. The Morgan fingerprint density at radius 2 is 1.61 bits per heavy atom. The van der Waals surface area contributed by atoms with Crippen LogP contribution in [0.3, 0.4) is 0 Å². The van der Waals surface area contributed by atoms with E-state index < -0.39 is 5.97 Å². The highest BCUT2D eigenvalue weighted by Crippen LogP contribution is 2.28. The number of anilines is 2. The van der Waals surface area contributed by atoms with E-state index in [-0.39, 0.29) is 11.4 Å². The first-order chi connectivity index (χ1) is 8.61. The average Bonchev–Trinajstić information content (AvgIpc) is 2.38. The van der Waals surface area contributed by atoms with Crippen LogP contribution in [0.25, 0.3) is 0 Å². The zero-order valence-corrected chi connectivity index (χ0v) is 9.80. The van der Waals surface area contributed by atoms with Gasteiger partial charge in [0.15, 0.2) is 0 Å². The maximum Gasteiger partial charge on any atom is 0.337 e. The summed E-state index contributed by atoms with van der Waals surface area (Å²) in [5, 5.41) is 9.11. The molecular formula is C14H12FNO2. The Morgan fingerprint density at radius 1 is 1.06 bits per heavy atom. The third-order valence-electron chi connectivity index (χ3n) is 2.71. The van der Waals surface area contributed by atoms with Crippen LogP contribution in [0.4, 0.5) is 15.8 Å². The van der Waals surface area contributed by atoms with Crippen LogP contribution >= 0.6 is 0 Å². The number of hydrogen-bond acceptors (Lipinski definition) is 2. The van der Waals surface area contributed by atoms with E-state index in [4.69, 9.17) is 5.11 Å². The first kappa shape index (κ1) is 12.1. The van der Waals surface area contributed by atoms with Crippen LogP contribution in [-0.2, 0) is 0 Å². The Balaban J connectivity index is 2.50. The molecule has 0 aliphatic rings. The highest BCUT2D eigenvalue weighted by molar-refractivity contribution is 5.95. The SMILES string of the molecule is CN(c1ccccc1F)c1ccccc1C(=O)O. The van der Waals surface area contributed by atoms with Crippen LogP contribution in [0.15, 0.2) is 48.5 Å². The second-order valence-electron chi connectivity index (χ2n) is 3.83. The summed E-state index contributed by atoms with van der Waals surface area (Å²) in [6.07, 6.45) is 0. The smallest absolute Gasteiger partial charge is 0.337 e. The maximum absolute atomic E-state index is 13.7. The minimum absolute atomic E-state index is 0.142. The van der Waals surface area contributed by atoms with Gasteiger partial charge in [-0.25, -0.2) is 9.18 Å². The van der Waals surface area contributed by atoms with E-state index in [0.717, 1.165) is 0 Å². The summed E-state index contributed by atoms with van der Waals surface area (Å²) in [4.78, 5) is 12.6. The average molecular weight is 245 g/mol. The fraction of sp³-hybridized carbons (Fsp3) is 0.0714. The van der Waals surface area contributed by atoms with E-state index in [1.165, 1.54) is 17.0 Å². The molecule has 4 heteroatoms. The number of hydrogen-bond donors (Lipinski definition) is 1. The summed E-state index contributed by atoms with van der Waals surface area (Å²) in [6, 6.07) is 12.8. The van der Waals surface area contributed by atoms with E-state index in [1.54, 1.807) is 43.4 Å². The second kappa shape index (κ2) is 4.87. The summed E-state index contributed by atoms with van der Waals surface area (Å²) in [5.74, 6) is -1.42. The van der Waals surface area contributed by atoms with Crippen LogP contribution < -0.4 is 4.90 Å². The fourth-order valence-electron chi connectivity index (χ4n) is 1.80. The molecule has 0 heterocycles. The first-order valence-electron chi connectivity index (χ1n) is 5.42. The molecule has 3 nitrogen and oxygen atoms in total. The van der Waals surface area contributed by atoms with Gasteiger partial charge in [0.05, 0.1) is 16.9 Å². The number of nitrogens with zero attached hydrogens (tertiary/aromatic N) is 1. The molecule has 0 bridgehead atoms. The highest BCUT2D eigenvalue weighted by Gasteiger charge is 2.15. The number of benzene rings is 2. The van der Waals surface area contributed by atoms with Crippen molar-refractivity contribution in [1.29, 1.82) is 0 Å². The van der Waals surface area contributed by atoms with Crippen LogP contribution in [-0.4, -0.2) is 18.1 Å². The summed E-state index contributed by atoms with van der Waals surface area (Å²) in [5.41, 5.74) is 0.935. The molecule has 0 fully saturated rings. The van der Waals surface area contributed by atoms with Gasteiger partial charge in [0.1, 0.15) is 5.82 Å². The van der Waals surface area contributed by atoms with Crippen molar-refractivity contribution >= 4 is 17.3 Å². The van der Waals surface area contributed by atoms with Gasteiger partial charge in [-0.15, -0.1) is 0 Å². The number of para-hydroxylation sites is 2. The third kappa shape index (κ3) is 2.18. The lowest BCUT2D eigenvalue weighted by Gasteiger charge is -2.21. The van der Waals surface area contributed by atoms with Crippen molar-refractivity contribution in [2.45, 2.75) is 0 Å². The number of carboxylic acid groups (broad SMARTS) is 1. The van der Waals surface area contributed by atoms with Gasteiger partial charge in [-0.1, -0.05) is 24.3 Å². The molecule has 92 valence electrons. The molecule has 2 rings (SSSR count). The summed E-state index contributed by atoms with van der Waals surface area (Å²) < 4.78 is 13.7. The Hall–Kier alpha value is -2.36. The van der Waals surface area contributed by atoms with E-state index in [1.807, 2.05) is 0 Å². The quantitative estimate of drug-likeness (QED) is 0.902. The number of carbonyl (C=O) groups is 1. The highest BCUT2D eigenvalue weighted by atomic mass is 19.1. The molecule has 0 amide bonds. The van der Waals surface area contributed by atoms with Crippen LogP contribution in [0.5, 0.6) is 0 Å². The fourth-order valence-corrected chi connectivity index (χ4v) is 1.80. The Bertz CT molecular complexity index is 584. The lowest BCUT2D eigenvalue weighted by atomic mass is 10.1. The molecule has 0 radical (unpaired) electrons. The molecule has 0 aliphatic carbocycles. The minimum atomic E-state index is -1.03. The molecule has 2 aromatic carbocycles. The molecule has 0 spiro atoms. The zero-order chi connectivity index (χ0) is 13.1. The molecule has 1 N–H and O–H groups in total. The number of aromatic carboxylic acids is 1. The lowest BCUT2D eigenvalue weighted by Crippen LogP contribution is -2.15. The van der Waals surface area contributed by atoms with Gasteiger partial charge < -0.3 is 10.0 Å². The predicted octanol–water partition coefficient (Wildman–Crippen LogP) is 3.29. The van der Waals surface area contributed by atoms with Crippen molar-refractivity contribution in [3.05, 3.63) is 59.9 Å². The van der Waals surface area contributed by atoms with Crippen LogP contribution in [0.1, 0.15) is 10.4 Å². The van der Waals surface area contributed by atoms with Gasteiger partial charge in [-0.3, -0.25) is 0 Å². The molecule has 0 atom stereocenters. The molecule has 0 saturated carbocycles. The number of carboxylic acids is 1. The molecule has 0 aromatic heterocycles. The number of halogens is 1. The van der Waals surface area contributed by atoms with E-state index in [2.05, 4.69) is 0 Å². The van der Waals surface area contributed by atoms with Gasteiger partial charge in [0.25, 0.3) is 0 Å². The lowest BCUT2D eigenvalue weighted by molar-refractivity contribution is 0.0697. The zero-order valence-electron chi connectivity index (χ0n) is 9.80. The Labute approximate surface area is 104 Å². The Morgan fingerprint density at radius 3 is 2.22 bits per heavy atom. The van der Waals surface area contributed by atoms with Gasteiger partial charge in [0, 0.05) is 7.05 Å². The van der Waals surface area contributed by atoms with Crippen molar-refractivity contribution in [3.63, 3.8) is 0 Å². The monoisotopic (exact) mass is 245 g/mol. The second-order valence-corrected chi connectivity index (χ2v) is 3.83. The molecule has 2 aromatic rings. The predicted molar refractivity (Wildman–Crippen MR) is 67.9 cm³/mol. The molecule has 0 aliphatic heterocycles. The van der Waals surface area contributed by atoms with Gasteiger partial charge >= 0.3 is 5.97 Å². The van der Waals surface area contributed by atoms with Gasteiger partial charge in [-0.05, 0) is 24.3 Å².